The molecule has 0 rings (SSSR count). The van der Waals surface area contributed by atoms with E-state index in [9.17, 15) is 28.8 Å². The standard InChI is InChI=1S/C33H60O10Si4.C12H22O5Si2/c1-23(2)28(33(9,10)17-14-18-39-31(36)26(7)22-45-42-44)32(37)41-47(13,27(8)16-20-40-30(35)25(5)6)43-46(11,12)21-15-19-38-29(34)24(3)4;1-9(2)11(13)15-18(5,6)17-19(7,8)16-12(14)10(3)4/h27H,3,5,7,14-22,45H2,1-2,4,6,8-13,44H3;1,3H2,2,4-8H3. The Morgan fingerprint density at radius 2 is 1.02 bits per heavy atom. The molecule has 0 bridgehead atoms. The molecule has 0 saturated carbocycles. The van der Waals surface area contributed by atoms with Gasteiger partial charge >= 0.3 is 61.5 Å². The van der Waals surface area contributed by atoms with E-state index in [1.807, 2.05) is 41.2 Å². The third kappa shape index (κ3) is 26.7. The van der Waals surface area contributed by atoms with E-state index in [1.165, 1.54) is 0 Å². The average Bonchev–Trinajstić information content (AvgIpc) is 3.15. The zero-order valence-electron chi connectivity index (χ0n) is 43.3. The van der Waals surface area contributed by atoms with Crippen LogP contribution < -0.4 is 0 Å². The molecule has 0 radical (unpaired) electrons. The summed E-state index contributed by atoms with van der Waals surface area (Å²) < 4.78 is 51.0. The summed E-state index contributed by atoms with van der Waals surface area (Å²) in [6.45, 7) is 47.6. The molecule has 0 spiro atoms. The predicted octanol–water partition coefficient (Wildman–Crippen LogP) is 7.92. The van der Waals surface area contributed by atoms with Gasteiger partial charge in [-0.15, -0.1) is 0 Å². The number of carbonyl (C=O) groups is 6. The highest BCUT2D eigenvalue weighted by molar-refractivity contribution is 6.84. The third-order valence-corrected chi connectivity index (χ3v) is 25.4. The number of carbonyl (C=O) groups excluding carboxylic acids is 6. The van der Waals surface area contributed by atoms with Gasteiger partial charge in [0.1, 0.15) is 20.2 Å². The fourth-order valence-electron chi connectivity index (χ4n) is 6.20. The molecule has 0 fully saturated rings. The lowest BCUT2D eigenvalue weighted by Crippen LogP contribution is -2.53. The fourth-order valence-corrected chi connectivity index (χ4v) is 21.9. The van der Waals surface area contributed by atoms with E-state index in [0.29, 0.717) is 81.7 Å². The van der Waals surface area contributed by atoms with Gasteiger partial charge in [0, 0.05) is 39.0 Å². The summed E-state index contributed by atoms with van der Waals surface area (Å²) in [7, 11) is -11.2. The van der Waals surface area contributed by atoms with Crippen molar-refractivity contribution < 1.29 is 68.6 Å². The zero-order chi connectivity index (χ0) is 52.0. The fraction of sp³-hybridized carbons (Fsp3) is 0.600. The maximum Gasteiger partial charge on any atom is 0.391 e. The van der Waals surface area contributed by atoms with E-state index in [0.717, 1.165) is 5.57 Å². The molecule has 0 aromatic carbocycles. The highest BCUT2D eigenvalue weighted by Crippen LogP contribution is 2.38. The Morgan fingerprint density at radius 3 is 1.44 bits per heavy atom. The number of rotatable bonds is 29. The van der Waals surface area contributed by atoms with Gasteiger partial charge in [-0.2, -0.15) is 0 Å². The van der Waals surface area contributed by atoms with Gasteiger partial charge < -0.3 is 39.8 Å². The van der Waals surface area contributed by atoms with E-state index >= 15 is 0 Å². The van der Waals surface area contributed by atoms with Crippen LogP contribution in [-0.2, 0) is 68.6 Å². The first-order chi connectivity index (χ1) is 30.0. The molecule has 15 nitrogen and oxygen atoms in total. The lowest BCUT2D eigenvalue weighted by Gasteiger charge is -2.40. The molecule has 21 heteroatoms. The van der Waals surface area contributed by atoms with Crippen LogP contribution in [0.15, 0.2) is 71.9 Å². The Morgan fingerprint density at radius 1 is 0.591 bits per heavy atom. The van der Waals surface area contributed by atoms with E-state index in [-0.39, 0.29) is 25.4 Å². The molecule has 2 unspecified atom stereocenters. The minimum atomic E-state index is -3.26. The Bertz CT molecular complexity index is 1780. The van der Waals surface area contributed by atoms with Gasteiger partial charge in [-0.05, 0) is 131 Å². The van der Waals surface area contributed by atoms with E-state index in [1.54, 1.807) is 53.9 Å². The Labute approximate surface area is 405 Å². The summed E-state index contributed by atoms with van der Waals surface area (Å²) in [5, 5.41) is 0. The van der Waals surface area contributed by atoms with Crippen LogP contribution in [0.5, 0.6) is 0 Å². The number of hydrogen-bond acceptors (Lipinski definition) is 15. The molecule has 66 heavy (non-hydrogen) atoms. The molecular formula is C45H82O15Si6. The van der Waals surface area contributed by atoms with Crippen molar-refractivity contribution in [1.29, 1.82) is 0 Å². The molecule has 0 heterocycles. The molecule has 0 amide bonds. The SMILES string of the molecule is C=C(C)C(=O)OCCC[Si](C)(C)O[Si](C)(OC(=O)C(=C(C)C)C(C)(C)CCCOC(=O)C(=C)C[SiH2]O[SiH3])C(C)CCOC(=O)C(=C)C.C=C(C)C(=O)O[Si](C)(C)O[Si](C)(C)OC(=O)C(=C)C. The van der Waals surface area contributed by atoms with E-state index in [4.69, 9.17) is 39.8 Å². The van der Waals surface area contributed by atoms with Crippen molar-refractivity contribution in [2.75, 3.05) is 19.8 Å². The lowest BCUT2D eigenvalue weighted by molar-refractivity contribution is -0.140. The van der Waals surface area contributed by atoms with Crippen LogP contribution in [0.1, 0.15) is 88.0 Å². The van der Waals surface area contributed by atoms with Gasteiger partial charge in [0.05, 0.1) is 19.8 Å². The number of esters is 3. The van der Waals surface area contributed by atoms with E-state index in [2.05, 4.69) is 46.0 Å². The number of hydrogen-bond donors (Lipinski definition) is 0. The summed E-state index contributed by atoms with van der Waals surface area (Å²) >= 11 is 0. The summed E-state index contributed by atoms with van der Waals surface area (Å²) in [6, 6.07) is 1.25. The average molecular weight is 1030 g/mol. The van der Waals surface area contributed by atoms with Gasteiger partial charge in [0.2, 0.25) is 0 Å². The topological polar surface area (TPSA) is 185 Å². The second-order valence-corrected chi connectivity index (χ2v) is 37.1. The van der Waals surface area contributed by atoms with Crippen LogP contribution >= 0.6 is 0 Å². The maximum atomic E-state index is 14.1. The summed E-state index contributed by atoms with van der Waals surface area (Å²) in [6.07, 6.45) is 2.17. The molecule has 0 saturated heterocycles. The van der Waals surface area contributed by atoms with Gasteiger partial charge in [0.25, 0.3) is 0 Å². The normalized spacial score (nSPS) is 13.2. The van der Waals surface area contributed by atoms with Crippen molar-refractivity contribution in [3.63, 3.8) is 0 Å². The zero-order valence-corrected chi connectivity index (χ0v) is 50.7. The smallest absolute Gasteiger partial charge is 0.391 e. The Balaban J connectivity index is 0. The number of allylic oxidation sites excluding steroid dienone is 1. The van der Waals surface area contributed by atoms with Crippen molar-refractivity contribution in [3.8, 4) is 0 Å². The summed E-state index contributed by atoms with van der Waals surface area (Å²) in [5.74, 6) is -2.73. The van der Waals surface area contributed by atoms with Crippen LogP contribution in [0.2, 0.25) is 63.5 Å². The maximum absolute atomic E-state index is 14.1. The lowest BCUT2D eigenvalue weighted by atomic mass is 9.78. The van der Waals surface area contributed by atoms with Gasteiger partial charge in [-0.25, -0.2) is 28.8 Å². The first kappa shape index (κ1) is 64.5. The molecule has 0 aliphatic carbocycles. The minimum Gasteiger partial charge on any atom is -0.492 e. The molecule has 0 aromatic heterocycles. The van der Waals surface area contributed by atoms with Crippen molar-refractivity contribution >= 4 is 90.1 Å². The van der Waals surface area contributed by atoms with Crippen molar-refractivity contribution in [2.45, 2.75) is 151 Å². The van der Waals surface area contributed by atoms with Crippen molar-refractivity contribution in [3.05, 3.63) is 71.9 Å². The van der Waals surface area contributed by atoms with Crippen molar-refractivity contribution in [1.82, 2.24) is 0 Å². The Hall–Kier alpha value is -3.56. The molecule has 0 aliphatic heterocycles. The summed E-state index contributed by atoms with van der Waals surface area (Å²) in [5.41, 5.74) is 2.29. The summed E-state index contributed by atoms with van der Waals surface area (Å²) in [4.78, 5) is 73.1. The second-order valence-electron chi connectivity index (χ2n) is 19.0. The number of ether oxygens (including phenoxy) is 3. The van der Waals surface area contributed by atoms with Crippen LogP contribution in [-0.4, -0.2) is 110 Å². The first-order valence-corrected chi connectivity index (χ1v) is 35.6. The largest absolute Gasteiger partial charge is 0.492 e. The molecule has 0 N–H and O–H groups in total. The monoisotopic (exact) mass is 1030 g/mol. The third-order valence-electron chi connectivity index (χ3n) is 9.63. The minimum absolute atomic E-state index is 0.136. The molecule has 0 aromatic rings. The Kier molecular flexibility index (Phi) is 28.7. The van der Waals surface area contributed by atoms with Gasteiger partial charge in [0.15, 0.2) is 8.32 Å². The van der Waals surface area contributed by atoms with Gasteiger partial charge in [-0.1, -0.05) is 59.2 Å². The highest BCUT2D eigenvalue weighted by Gasteiger charge is 2.48. The van der Waals surface area contributed by atoms with E-state index < -0.39 is 85.0 Å². The first-order valence-electron chi connectivity index (χ1n) is 22.0. The van der Waals surface area contributed by atoms with Crippen LogP contribution in [0, 0.1) is 5.41 Å². The van der Waals surface area contributed by atoms with Crippen molar-refractivity contribution in [2.24, 2.45) is 5.41 Å². The van der Waals surface area contributed by atoms with Crippen LogP contribution in [0.25, 0.3) is 0 Å². The molecular weight excluding hydrogens is 949 g/mol. The van der Waals surface area contributed by atoms with Crippen LogP contribution in [0.3, 0.4) is 0 Å². The predicted molar refractivity (Wildman–Crippen MR) is 275 cm³/mol. The second kappa shape index (κ2) is 29.4. The van der Waals surface area contributed by atoms with Crippen LogP contribution in [0.4, 0.5) is 0 Å². The highest BCUT2D eigenvalue weighted by atomic mass is 28.5. The molecule has 376 valence electrons. The molecule has 2 atom stereocenters. The quantitative estimate of drug-likeness (QED) is 0.0231. The molecule has 0 aliphatic rings. The van der Waals surface area contributed by atoms with Gasteiger partial charge in [-0.3, -0.25) is 0 Å².